The second-order valence-corrected chi connectivity index (χ2v) is 5.80. The monoisotopic (exact) mass is 289 g/mol. The molecular formula is C11H16BrNOS. The molecule has 1 aromatic rings. The Labute approximate surface area is 103 Å². The molecule has 1 saturated heterocycles. The number of furan rings is 1. The second kappa shape index (κ2) is 5.41. The minimum Gasteiger partial charge on any atom is -0.466 e. The zero-order chi connectivity index (χ0) is 10.7. The van der Waals surface area contributed by atoms with E-state index in [4.69, 9.17) is 4.42 Å². The number of hydrogen-bond donors (Lipinski definition) is 1. The fourth-order valence-electron chi connectivity index (χ4n) is 2.04. The molecule has 0 spiro atoms. The van der Waals surface area contributed by atoms with E-state index >= 15 is 0 Å². The normalized spacial score (nSPS) is 23.2. The van der Waals surface area contributed by atoms with Crippen molar-refractivity contribution in [1.82, 2.24) is 5.32 Å². The van der Waals surface area contributed by atoms with E-state index in [0.29, 0.717) is 12.0 Å². The molecule has 1 aromatic heterocycles. The molecule has 2 unspecified atom stereocenters. The molecule has 0 aromatic carbocycles. The van der Waals surface area contributed by atoms with E-state index in [-0.39, 0.29) is 0 Å². The van der Waals surface area contributed by atoms with Crippen molar-refractivity contribution in [1.29, 1.82) is 0 Å². The Hall–Kier alpha value is 0.0700. The summed E-state index contributed by atoms with van der Waals surface area (Å²) < 4.78 is 6.66. The Morgan fingerprint density at radius 2 is 2.60 bits per heavy atom. The number of hydrogen-bond acceptors (Lipinski definition) is 3. The Balaban J connectivity index is 2.15. The first kappa shape index (κ1) is 11.6. The largest absolute Gasteiger partial charge is 0.466 e. The molecule has 84 valence electrons. The third-order valence-corrected chi connectivity index (χ3v) is 4.63. The van der Waals surface area contributed by atoms with Gasteiger partial charge in [0.2, 0.25) is 0 Å². The van der Waals surface area contributed by atoms with Crippen molar-refractivity contribution in [2.24, 2.45) is 5.92 Å². The van der Waals surface area contributed by atoms with Crippen LogP contribution in [-0.4, -0.2) is 18.1 Å². The van der Waals surface area contributed by atoms with Gasteiger partial charge in [0.15, 0.2) is 0 Å². The Morgan fingerprint density at radius 3 is 3.13 bits per heavy atom. The van der Waals surface area contributed by atoms with Crippen LogP contribution in [0.2, 0.25) is 0 Å². The van der Waals surface area contributed by atoms with Gasteiger partial charge in [0.25, 0.3) is 0 Å². The highest BCUT2D eigenvalue weighted by Gasteiger charge is 2.29. The minimum absolute atomic E-state index is 0.370. The summed E-state index contributed by atoms with van der Waals surface area (Å²) >= 11 is 5.59. The third-order valence-electron chi connectivity index (χ3n) is 2.79. The van der Waals surface area contributed by atoms with Crippen molar-refractivity contribution in [3.8, 4) is 0 Å². The summed E-state index contributed by atoms with van der Waals surface area (Å²) in [6, 6.07) is 2.34. The van der Waals surface area contributed by atoms with Crippen molar-refractivity contribution >= 4 is 27.7 Å². The van der Waals surface area contributed by atoms with Crippen LogP contribution in [0, 0.1) is 5.92 Å². The van der Waals surface area contributed by atoms with Gasteiger partial charge in [-0.3, -0.25) is 0 Å². The van der Waals surface area contributed by atoms with Crippen LogP contribution in [-0.2, 0) is 0 Å². The quantitative estimate of drug-likeness (QED) is 0.919. The van der Waals surface area contributed by atoms with Gasteiger partial charge >= 0.3 is 0 Å². The lowest BCUT2D eigenvalue weighted by Gasteiger charge is -2.22. The maximum absolute atomic E-state index is 5.57. The summed E-state index contributed by atoms with van der Waals surface area (Å²) in [6.45, 7) is 3.13. The van der Waals surface area contributed by atoms with Gasteiger partial charge in [0, 0.05) is 0 Å². The van der Waals surface area contributed by atoms with E-state index < -0.39 is 0 Å². The average Bonchev–Trinajstić information content (AvgIpc) is 2.85. The SMILES string of the molecule is CCNC(c1occc1Br)C1CCSC1. The third kappa shape index (κ3) is 2.60. The molecule has 1 aliphatic rings. The zero-order valence-electron chi connectivity index (χ0n) is 8.83. The lowest BCUT2D eigenvalue weighted by molar-refractivity contribution is 0.333. The molecule has 1 N–H and O–H groups in total. The topological polar surface area (TPSA) is 25.2 Å². The van der Waals surface area contributed by atoms with Gasteiger partial charge in [0.1, 0.15) is 5.76 Å². The summed E-state index contributed by atoms with van der Waals surface area (Å²) in [5.74, 6) is 4.29. The van der Waals surface area contributed by atoms with E-state index in [1.807, 2.05) is 17.8 Å². The van der Waals surface area contributed by atoms with Crippen LogP contribution in [0.4, 0.5) is 0 Å². The molecular weight excluding hydrogens is 274 g/mol. The van der Waals surface area contributed by atoms with Crippen molar-refractivity contribution in [2.75, 3.05) is 18.1 Å². The summed E-state index contributed by atoms with van der Waals surface area (Å²) in [5.41, 5.74) is 0. The average molecular weight is 290 g/mol. The molecule has 0 radical (unpaired) electrons. The number of halogens is 1. The van der Waals surface area contributed by atoms with Crippen molar-refractivity contribution in [3.63, 3.8) is 0 Å². The molecule has 0 bridgehead atoms. The van der Waals surface area contributed by atoms with Crippen LogP contribution in [0.5, 0.6) is 0 Å². The number of thioether (sulfide) groups is 1. The standard InChI is InChI=1S/C11H16BrNOS/c1-2-13-10(8-4-6-15-7-8)11-9(12)3-5-14-11/h3,5,8,10,13H,2,4,6-7H2,1H3. The summed E-state index contributed by atoms with van der Waals surface area (Å²) in [7, 11) is 0. The zero-order valence-corrected chi connectivity index (χ0v) is 11.2. The Bertz CT molecular complexity index is 309. The van der Waals surface area contributed by atoms with E-state index in [2.05, 4.69) is 28.2 Å². The summed E-state index contributed by atoms with van der Waals surface area (Å²) in [4.78, 5) is 0. The fraction of sp³-hybridized carbons (Fsp3) is 0.636. The van der Waals surface area contributed by atoms with Crippen LogP contribution < -0.4 is 5.32 Å². The Kier molecular flexibility index (Phi) is 4.17. The lowest BCUT2D eigenvalue weighted by atomic mass is 9.97. The van der Waals surface area contributed by atoms with Crippen LogP contribution in [0.3, 0.4) is 0 Å². The first-order valence-electron chi connectivity index (χ1n) is 5.37. The van der Waals surface area contributed by atoms with Gasteiger partial charge in [-0.05, 0) is 52.4 Å². The van der Waals surface area contributed by atoms with Crippen LogP contribution >= 0.6 is 27.7 Å². The van der Waals surface area contributed by atoms with Crippen molar-refractivity contribution in [2.45, 2.75) is 19.4 Å². The minimum atomic E-state index is 0.370. The molecule has 0 aliphatic carbocycles. The predicted molar refractivity (Wildman–Crippen MR) is 68.3 cm³/mol. The molecule has 2 rings (SSSR count). The van der Waals surface area contributed by atoms with Crippen LogP contribution in [0.25, 0.3) is 0 Å². The number of nitrogens with one attached hydrogen (secondary N) is 1. The second-order valence-electron chi connectivity index (χ2n) is 3.79. The van der Waals surface area contributed by atoms with Gasteiger partial charge in [0.05, 0.1) is 16.8 Å². The van der Waals surface area contributed by atoms with Crippen LogP contribution in [0.1, 0.15) is 25.1 Å². The molecule has 2 nitrogen and oxygen atoms in total. The number of rotatable bonds is 4. The van der Waals surface area contributed by atoms with Crippen molar-refractivity contribution in [3.05, 3.63) is 22.6 Å². The highest BCUT2D eigenvalue weighted by Crippen LogP contribution is 2.37. The molecule has 0 amide bonds. The lowest BCUT2D eigenvalue weighted by Crippen LogP contribution is -2.28. The van der Waals surface area contributed by atoms with E-state index in [0.717, 1.165) is 16.8 Å². The smallest absolute Gasteiger partial charge is 0.135 e. The van der Waals surface area contributed by atoms with Gasteiger partial charge in [-0.2, -0.15) is 11.8 Å². The highest BCUT2D eigenvalue weighted by atomic mass is 79.9. The van der Waals surface area contributed by atoms with Crippen molar-refractivity contribution < 1.29 is 4.42 Å². The highest BCUT2D eigenvalue weighted by molar-refractivity contribution is 9.10. The van der Waals surface area contributed by atoms with Gasteiger partial charge in [-0.15, -0.1) is 0 Å². The van der Waals surface area contributed by atoms with Gasteiger partial charge in [-0.1, -0.05) is 6.92 Å². The van der Waals surface area contributed by atoms with E-state index in [1.54, 1.807) is 6.26 Å². The molecule has 2 atom stereocenters. The van der Waals surface area contributed by atoms with Gasteiger partial charge in [-0.25, -0.2) is 0 Å². The van der Waals surface area contributed by atoms with Gasteiger partial charge < -0.3 is 9.73 Å². The first-order chi connectivity index (χ1) is 7.33. The summed E-state index contributed by atoms with van der Waals surface area (Å²) in [6.07, 6.45) is 3.04. The molecule has 1 fully saturated rings. The predicted octanol–water partition coefficient (Wildman–Crippen LogP) is 3.45. The molecule has 0 saturated carbocycles. The molecule has 1 aliphatic heterocycles. The molecule has 15 heavy (non-hydrogen) atoms. The molecule has 2 heterocycles. The van der Waals surface area contributed by atoms with Crippen LogP contribution in [0.15, 0.2) is 21.2 Å². The molecule has 4 heteroatoms. The Morgan fingerprint density at radius 1 is 1.73 bits per heavy atom. The maximum Gasteiger partial charge on any atom is 0.135 e. The fourth-order valence-corrected chi connectivity index (χ4v) is 3.78. The first-order valence-corrected chi connectivity index (χ1v) is 7.31. The maximum atomic E-state index is 5.57. The summed E-state index contributed by atoms with van der Waals surface area (Å²) in [5, 5.41) is 3.53. The van der Waals surface area contributed by atoms with E-state index in [1.165, 1.54) is 17.9 Å². The van der Waals surface area contributed by atoms with E-state index in [9.17, 15) is 0 Å².